The first-order valence-electron chi connectivity index (χ1n) is 7.50. The van der Waals surface area contributed by atoms with Gasteiger partial charge in [0.2, 0.25) is 0 Å². The van der Waals surface area contributed by atoms with Crippen molar-refractivity contribution in [2.24, 2.45) is 0 Å². The van der Waals surface area contributed by atoms with Crippen molar-refractivity contribution in [3.05, 3.63) is 89.0 Å². The highest BCUT2D eigenvalue weighted by Gasteiger charge is 2.14. The number of carbonyl (C=O) groups excluding carboxylic acids is 2. The lowest BCUT2D eigenvalue weighted by Crippen LogP contribution is -2.15. The molecule has 0 aliphatic rings. The van der Waals surface area contributed by atoms with E-state index >= 15 is 0 Å². The maximum Gasteiger partial charge on any atom is 0.182 e. The van der Waals surface area contributed by atoms with Gasteiger partial charge in [0.1, 0.15) is 5.82 Å². The molecule has 1 aromatic heterocycles. The van der Waals surface area contributed by atoms with Crippen molar-refractivity contribution < 1.29 is 9.59 Å². The number of Topliss-reactive ketones (excluding diaryl/α,β-unsaturated/α-hetero) is 2. The molecule has 0 radical (unpaired) electrons. The molecule has 5 heteroatoms. The maximum absolute atomic E-state index is 12.4. The minimum Gasteiger partial charge on any atom is -0.327 e. The summed E-state index contributed by atoms with van der Waals surface area (Å²) in [6.45, 7) is 0.155. The summed E-state index contributed by atoms with van der Waals surface area (Å²) >= 11 is 5.92. The average molecular weight is 339 g/mol. The standard InChI is InChI=1S/C19H15ClN2O2/c20-16-8-4-7-15(11-16)17(23)12-19-21-9-10-22(19)13-18(24)14-5-2-1-3-6-14/h1-11H,12-13H2. The van der Waals surface area contributed by atoms with Crippen LogP contribution in [0.25, 0.3) is 0 Å². The van der Waals surface area contributed by atoms with E-state index in [1.165, 1.54) is 0 Å². The molecule has 24 heavy (non-hydrogen) atoms. The van der Waals surface area contributed by atoms with Crippen LogP contribution in [0.1, 0.15) is 26.5 Å². The van der Waals surface area contributed by atoms with Gasteiger partial charge in [0, 0.05) is 28.5 Å². The van der Waals surface area contributed by atoms with E-state index in [-0.39, 0.29) is 24.5 Å². The summed E-state index contributed by atoms with van der Waals surface area (Å²) in [5.74, 6) is 0.450. The van der Waals surface area contributed by atoms with Gasteiger partial charge in [0.15, 0.2) is 11.6 Å². The van der Waals surface area contributed by atoms with Crippen molar-refractivity contribution in [1.82, 2.24) is 9.55 Å². The van der Waals surface area contributed by atoms with E-state index in [9.17, 15) is 9.59 Å². The lowest BCUT2D eigenvalue weighted by atomic mass is 10.1. The molecule has 0 spiro atoms. The highest BCUT2D eigenvalue weighted by molar-refractivity contribution is 6.31. The number of nitrogens with zero attached hydrogens (tertiary/aromatic N) is 2. The van der Waals surface area contributed by atoms with Crippen LogP contribution in [0.15, 0.2) is 67.0 Å². The normalized spacial score (nSPS) is 10.5. The van der Waals surface area contributed by atoms with Gasteiger partial charge in [-0.25, -0.2) is 4.98 Å². The van der Waals surface area contributed by atoms with Gasteiger partial charge < -0.3 is 4.57 Å². The molecule has 3 rings (SSSR count). The van der Waals surface area contributed by atoms with Crippen LogP contribution in [-0.4, -0.2) is 21.1 Å². The minimum atomic E-state index is -0.0860. The second-order valence-corrected chi connectivity index (χ2v) is 5.81. The highest BCUT2D eigenvalue weighted by atomic mass is 35.5. The van der Waals surface area contributed by atoms with E-state index in [0.29, 0.717) is 22.0 Å². The molecular weight excluding hydrogens is 324 g/mol. The lowest BCUT2D eigenvalue weighted by Gasteiger charge is -2.07. The summed E-state index contributed by atoms with van der Waals surface area (Å²) in [7, 11) is 0. The number of aromatic nitrogens is 2. The van der Waals surface area contributed by atoms with Gasteiger partial charge in [-0.05, 0) is 12.1 Å². The van der Waals surface area contributed by atoms with E-state index in [1.807, 2.05) is 18.2 Å². The molecule has 0 unspecified atom stereocenters. The fraction of sp³-hybridized carbons (Fsp3) is 0.105. The van der Waals surface area contributed by atoms with Gasteiger partial charge in [-0.15, -0.1) is 0 Å². The fourth-order valence-corrected chi connectivity index (χ4v) is 2.62. The van der Waals surface area contributed by atoms with Crippen molar-refractivity contribution in [2.45, 2.75) is 13.0 Å². The molecule has 0 atom stereocenters. The van der Waals surface area contributed by atoms with Crippen molar-refractivity contribution in [2.75, 3.05) is 0 Å². The quantitative estimate of drug-likeness (QED) is 0.641. The van der Waals surface area contributed by atoms with Crippen LogP contribution in [0.4, 0.5) is 0 Å². The van der Waals surface area contributed by atoms with Crippen LogP contribution in [0.2, 0.25) is 5.02 Å². The highest BCUT2D eigenvalue weighted by Crippen LogP contribution is 2.13. The first-order chi connectivity index (χ1) is 11.6. The zero-order valence-electron chi connectivity index (χ0n) is 12.9. The maximum atomic E-state index is 12.4. The largest absolute Gasteiger partial charge is 0.327 e. The number of carbonyl (C=O) groups is 2. The van der Waals surface area contributed by atoms with Gasteiger partial charge in [-0.3, -0.25) is 9.59 Å². The van der Waals surface area contributed by atoms with Gasteiger partial charge in [0.25, 0.3) is 0 Å². The lowest BCUT2D eigenvalue weighted by molar-refractivity contribution is 0.0958. The summed E-state index contributed by atoms with van der Waals surface area (Å²) in [5.41, 5.74) is 1.17. The zero-order valence-corrected chi connectivity index (χ0v) is 13.6. The van der Waals surface area contributed by atoms with Crippen molar-refractivity contribution >= 4 is 23.2 Å². The predicted molar refractivity (Wildman–Crippen MR) is 92.5 cm³/mol. The van der Waals surface area contributed by atoms with Gasteiger partial charge in [-0.1, -0.05) is 54.1 Å². The molecule has 0 N–H and O–H groups in total. The minimum absolute atomic E-state index is 0.0231. The molecule has 0 saturated carbocycles. The van der Waals surface area contributed by atoms with Crippen LogP contribution < -0.4 is 0 Å². The Morgan fingerprint density at radius 2 is 1.71 bits per heavy atom. The average Bonchev–Trinajstić information content (AvgIpc) is 3.02. The second-order valence-electron chi connectivity index (χ2n) is 5.37. The summed E-state index contributed by atoms with van der Waals surface area (Å²) in [4.78, 5) is 28.9. The number of ketones is 2. The first kappa shape index (κ1) is 16.1. The van der Waals surface area contributed by atoms with E-state index in [2.05, 4.69) is 4.98 Å². The third-order valence-corrected chi connectivity index (χ3v) is 3.91. The van der Waals surface area contributed by atoms with Crippen molar-refractivity contribution in [3.63, 3.8) is 0 Å². The monoisotopic (exact) mass is 338 g/mol. The summed E-state index contributed by atoms with van der Waals surface area (Å²) in [6.07, 6.45) is 3.43. The Hall–Kier alpha value is -2.72. The molecule has 4 nitrogen and oxygen atoms in total. The Bertz CT molecular complexity index is 872. The predicted octanol–water partition coefficient (Wildman–Crippen LogP) is 3.84. The van der Waals surface area contributed by atoms with Gasteiger partial charge >= 0.3 is 0 Å². The Balaban J connectivity index is 1.74. The molecule has 0 aliphatic carbocycles. The van der Waals surface area contributed by atoms with Crippen LogP contribution in [0.5, 0.6) is 0 Å². The number of imidazole rings is 1. The molecule has 0 aliphatic heterocycles. The molecule has 1 heterocycles. The number of hydrogen-bond donors (Lipinski definition) is 0. The van der Waals surface area contributed by atoms with E-state index in [0.717, 1.165) is 0 Å². The summed E-state index contributed by atoms with van der Waals surface area (Å²) < 4.78 is 1.71. The van der Waals surface area contributed by atoms with E-state index < -0.39 is 0 Å². The van der Waals surface area contributed by atoms with E-state index in [1.54, 1.807) is 53.4 Å². The molecule has 0 saturated heterocycles. The Morgan fingerprint density at radius 3 is 2.46 bits per heavy atom. The van der Waals surface area contributed by atoms with Crippen LogP contribution in [-0.2, 0) is 13.0 Å². The van der Waals surface area contributed by atoms with Gasteiger partial charge in [0.05, 0.1) is 13.0 Å². The van der Waals surface area contributed by atoms with Gasteiger partial charge in [-0.2, -0.15) is 0 Å². The number of halogens is 1. The third-order valence-electron chi connectivity index (χ3n) is 3.68. The SMILES string of the molecule is O=C(Cc1nccn1CC(=O)c1ccccc1)c1cccc(Cl)c1. The summed E-state index contributed by atoms with van der Waals surface area (Å²) in [5, 5.41) is 0.517. The van der Waals surface area contributed by atoms with E-state index in [4.69, 9.17) is 11.6 Å². The van der Waals surface area contributed by atoms with Crippen LogP contribution in [0.3, 0.4) is 0 Å². The molecular formula is C19H15ClN2O2. The van der Waals surface area contributed by atoms with Crippen LogP contribution >= 0.6 is 11.6 Å². The zero-order chi connectivity index (χ0) is 16.9. The Labute approximate surface area is 144 Å². The summed E-state index contributed by atoms with van der Waals surface area (Å²) in [6, 6.07) is 15.9. The van der Waals surface area contributed by atoms with Crippen molar-refractivity contribution in [3.8, 4) is 0 Å². The molecule has 0 amide bonds. The molecule has 2 aromatic carbocycles. The number of rotatable bonds is 6. The number of hydrogen-bond acceptors (Lipinski definition) is 3. The molecule has 3 aromatic rings. The first-order valence-corrected chi connectivity index (χ1v) is 7.88. The Kier molecular flexibility index (Phi) is 4.87. The van der Waals surface area contributed by atoms with Crippen molar-refractivity contribution in [1.29, 1.82) is 0 Å². The smallest absolute Gasteiger partial charge is 0.182 e. The second kappa shape index (κ2) is 7.23. The van der Waals surface area contributed by atoms with Crippen LogP contribution in [0, 0.1) is 0 Å². The Morgan fingerprint density at radius 1 is 0.958 bits per heavy atom. The molecule has 0 bridgehead atoms. The number of benzene rings is 2. The topological polar surface area (TPSA) is 52.0 Å². The third kappa shape index (κ3) is 3.78. The molecule has 120 valence electrons. The molecule has 0 fully saturated rings. The fourth-order valence-electron chi connectivity index (χ4n) is 2.43.